The van der Waals surface area contributed by atoms with Gasteiger partial charge in [0, 0.05) is 19.2 Å². The van der Waals surface area contributed by atoms with E-state index in [0.29, 0.717) is 31.0 Å². The number of nitrogens with one attached hydrogen (secondary N) is 1. The second-order valence-corrected chi connectivity index (χ2v) is 8.57. The number of benzene rings is 1. The van der Waals surface area contributed by atoms with E-state index in [-0.39, 0.29) is 16.7 Å². The minimum Gasteiger partial charge on any atom is -0.493 e. The second-order valence-electron chi connectivity index (χ2n) is 6.85. The Labute approximate surface area is 155 Å². The summed E-state index contributed by atoms with van der Waals surface area (Å²) < 4.78 is 38.6. The third-order valence-electron chi connectivity index (χ3n) is 4.39. The fraction of sp³-hybridized carbons (Fsp3) is 0.611. The molecule has 0 saturated carbocycles. The first-order chi connectivity index (χ1) is 12.3. The first kappa shape index (κ1) is 20.5. The summed E-state index contributed by atoms with van der Waals surface area (Å²) in [6.45, 7) is 5.31. The van der Waals surface area contributed by atoms with Gasteiger partial charge in [0.05, 0.1) is 19.1 Å². The maximum absolute atomic E-state index is 12.8. The molecule has 1 aromatic rings. The van der Waals surface area contributed by atoms with Crippen LogP contribution >= 0.6 is 0 Å². The van der Waals surface area contributed by atoms with E-state index in [9.17, 15) is 13.2 Å². The molecule has 1 aliphatic rings. The molecule has 146 valence electrons. The van der Waals surface area contributed by atoms with Crippen LogP contribution < -0.4 is 14.2 Å². The lowest BCUT2D eigenvalue weighted by Gasteiger charge is -2.25. The van der Waals surface area contributed by atoms with Crippen LogP contribution in [-0.4, -0.2) is 52.6 Å². The highest BCUT2D eigenvalue weighted by Crippen LogP contribution is 2.29. The lowest BCUT2D eigenvalue weighted by Crippen LogP contribution is -2.48. The second kappa shape index (κ2) is 8.73. The summed E-state index contributed by atoms with van der Waals surface area (Å²) in [6, 6.07) is 3.60. The number of sulfonamides is 1. The number of carbonyl (C=O) groups is 1. The minimum atomic E-state index is -3.87. The Hall–Kier alpha value is -1.80. The maximum atomic E-state index is 12.8. The molecule has 26 heavy (non-hydrogen) atoms. The van der Waals surface area contributed by atoms with Gasteiger partial charge in [-0.3, -0.25) is 4.79 Å². The van der Waals surface area contributed by atoms with Crippen molar-refractivity contribution in [1.82, 2.24) is 9.62 Å². The number of hydrogen-bond acceptors (Lipinski definition) is 5. The lowest BCUT2D eigenvalue weighted by molar-refractivity contribution is -0.132. The van der Waals surface area contributed by atoms with Gasteiger partial charge in [0.1, 0.15) is 6.04 Å². The molecule has 0 aromatic heterocycles. The number of carbonyl (C=O) groups excluding carboxylic acids is 1. The summed E-state index contributed by atoms with van der Waals surface area (Å²) in [4.78, 5) is 14.5. The highest BCUT2D eigenvalue weighted by molar-refractivity contribution is 7.89. The van der Waals surface area contributed by atoms with E-state index in [0.717, 1.165) is 12.8 Å². The molecule has 1 saturated heterocycles. The SMILES string of the molecule is COc1ccc(S(=O)(=O)N[C@H](CC(C)C)C(=O)N2CCCC2)cc1OC. The number of ether oxygens (including phenoxy) is 2. The standard InChI is InChI=1S/C18H28N2O5S/c1-13(2)11-15(18(21)20-9-5-6-10-20)19-26(22,23)14-7-8-16(24-3)17(12-14)25-4/h7-8,12-13,15,19H,5-6,9-11H2,1-4H3/t15-/m1/s1. The van der Waals surface area contributed by atoms with E-state index in [1.165, 1.54) is 32.4 Å². The Morgan fingerprint density at radius 2 is 1.77 bits per heavy atom. The summed E-state index contributed by atoms with van der Waals surface area (Å²) in [6.07, 6.45) is 2.37. The highest BCUT2D eigenvalue weighted by Gasteiger charge is 2.31. The van der Waals surface area contributed by atoms with Crippen LogP contribution in [0.5, 0.6) is 11.5 Å². The summed E-state index contributed by atoms with van der Waals surface area (Å²) in [7, 11) is -0.942. The number of methoxy groups -OCH3 is 2. The van der Waals surface area contributed by atoms with Crippen molar-refractivity contribution in [3.63, 3.8) is 0 Å². The molecule has 0 aliphatic carbocycles. The number of likely N-dealkylation sites (tertiary alicyclic amines) is 1. The largest absolute Gasteiger partial charge is 0.493 e. The molecule has 1 aromatic carbocycles. The number of rotatable bonds is 8. The van der Waals surface area contributed by atoms with Gasteiger partial charge in [0.15, 0.2) is 11.5 Å². The Bertz CT molecular complexity index is 727. The van der Waals surface area contributed by atoms with Gasteiger partial charge < -0.3 is 14.4 Å². The lowest BCUT2D eigenvalue weighted by atomic mass is 10.0. The maximum Gasteiger partial charge on any atom is 0.241 e. The molecule has 1 atom stereocenters. The van der Waals surface area contributed by atoms with Gasteiger partial charge in [-0.2, -0.15) is 4.72 Å². The van der Waals surface area contributed by atoms with Crippen molar-refractivity contribution in [3.8, 4) is 11.5 Å². The molecule has 7 nitrogen and oxygen atoms in total. The minimum absolute atomic E-state index is 0.0399. The normalized spacial score (nSPS) is 16.0. The topological polar surface area (TPSA) is 84.9 Å². The van der Waals surface area contributed by atoms with E-state index < -0.39 is 16.1 Å². The fourth-order valence-corrected chi connectivity index (χ4v) is 4.28. The van der Waals surface area contributed by atoms with Crippen LogP contribution in [-0.2, 0) is 14.8 Å². The molecule has 0 bridgehead atoms. The van der Waals surface area contributed by atoms with E-state index in [1.807, 2.05) is 13.8 Å². The van der Waals surface area contributed by atoms with Gasteiger partial charge in [-0.25, -0.2) is 8.42 Å². The number of amides is 1. The van der Waals surface area contributed by atoms with Crippen LogP contribution in [0.15, 0.2) is 23.1 Å². The third kappa shape index (κ3) is 4.88. The Morgan fingerprint density at radius 1 is 1.15 bits per heavy atom. The molecular formula is C18H28N2O5S. The van der Waals surface area contributed by atoms with Gasteiger partial charge in [0.25, 0.3) is 0 Å². The molecule has 1 amide bonds. The third-order valence-corrected chi connectivity index (χ3v) is 5.86. The molecular weight excluding hydrogens is 356 g/mol. The van der Waals surface area contributed by atoms with Crippen molar-refractivity contribution in [3.05, 3.63) is 18.2 Å². The van der Waals surface area contributed by atoms with Gasteiger partial charge in [0.2, 0.25) is 15.9 Å². The molecule has 8 heteroatoms. The molecule has 0 spiro atoms. The van der Waals surface area contributed by atoms with Crippen LogP contribution in [0.3, 0.4) is 0 Å². The van der Waals surface area contributed by atoms with Crippen molar-refractivity contribution >= 4 is 15.9 Å². The average Bonchev–Trinajstić information content (AvgIpc) is 3.13. The van der Waals surface area contributed by atoms with E-state index >= 15 is 0 Å². The zero-order valence-corrected chi connectivity index (χ0v) is 16.6. The zero-order chi connectivity index (χ0) is 19.3. The molecule has 0 radical (unpaired) electrons. The Kier molecular flexibility index (Phi) is 6.88. The fourth-order valence-electron chi connectivity index (χ4n) is 3.07. The zero-order valence-electron chi connectivity index (χ0n) is 15.8. The highest BCUT2D eigenvalue weighted by atomic mass is 32.2. The van der Waals surface area contributed by atoms with E-state index in [2.05, 4.69) is 4.72 Å². The van der Waals surface area contributed by atoms with Crippen LogP contribution in [0.2, 0.25) is 0 Å². The van der Waals surface area contributed by atoms with E-state index in [1.54, 1.807) is 4.90 Å². The molecule has 1 fully saturated rings. The van der Waals surface area contributed by atoms with Crippen LogP contribution in [0.25, 0.3) is 0 Å². The first-order valence-corrected chi connectivity index (χ1v) is 10.3. The molecule has 0 unspecified atom stereocenters. The smallest absolute Gasteiger partial charge is 0.241 e. The number of nitrogens with zero attached hydrogens (tertiary/aromatic N) is 1. The predicted octanol–water partition coefficient (Wildman–Crippen LogP) is 2.02. The van der Waals surface area contributed by atoms with E-state index in [4.69, 9.17) is 9.47 Å². The molecule has 1 aliphatic heterocycles. The van der Waals surface area contributed by atoms with Gasteiger partial charge in [-0.1, -0.05) is 13.8 Å². The average molecular weight is 384 g/mol. The van der Waals surface area contributed by atoms with Crippen LogP contribution in [0.4, 0.5) is 0 Å². The quantitative estimate of drug-likeness (QED) is 0.741. The summed E-state index contributed by atoms with van der Waals surface area (Å²) >= 11 is 0. The van der Waals surface area contributed by atoms with Crippen LogP contribution in [0.1, 0.15) is 33.1 Å². The van der Waals surface area contributed by atoms with Crippen LogP contribution in [0, 0.1) is 5.92 Å². The summed E-state index contributed by atoms with van der Waals surface area (Å²) in [5.41, 5.74) is 0. The van der Waals surface area contributed by atoms with Crippen molar-refractivity contribution in [2.24, 2.45) is 5.92 Å². The van der Waals surface area contributed by atoms with Gasteiger partial charge in [-0.15, -0.1) is 0 Å². The Balaban J connectivity index is 2.26. The monoisotopic (exact) mass is 384 g/mol. The van der Waals surface area contributed by atoms with Crippen molar-refractivity contribution < 1.29 is 22.7 Å². The first-order valence-electron chi connectivity index (χ1n) is 8.81. The molecule has 2 rings (SSSR count). The predicted molar refractivity (Wildman–Crippen MR) is 98.9 cm³/mol. The van der Waals surface area contributed by atoms with Gasteiger partial charge >= 0.3 is 0 Å². The number of hydrogen-bond donors (Lipinski definition) is 1. The van der Waals surface area contributed by atoms with Gasteiger partial charge in [-0.05, 0) is 37.3 Å². The summed E-state index contributed by atoms with van der Waals surface area (Å²) in [5.74, 6) is 0.792. The van der Waals surface area contributed by atoms with Crippen molar-refractivity contribution in [2.75, 3.05) is 27.3 Å². The van der Waals surface area contributed by atoms with Crippen molar-refractivity contribution in [2.45, 2.75) is 44.0 Å². The Morgan fingerprint density at radius 3 is 2.31 bits per heavy atom. The summed E-state index contributed by atoms with van der Waals surface area (Å²) in [5, 5.41) is 0. The molecule has 1 N–H and O–H groups in total. The van der Waals surface area contributed by atoms with Crippen molar-refractivity contribution in [1.29, 1.82) is 0 Å². The molecule has 1 heterocycles.